The van der Waals surface area contributed by atoms with E-state index in [0.717, 1.165) is 18.0 Å². The van der Waals surface area contributed by atoms with Gasteiger partial charge in [-0.1, -0.05) is 0 Å². The monoisotopic (exact) mass is 251 g/mol. The van der Waals surface area contributed by atoms with Crippen LogP contribution in [0.3, 0.4) is 0 Å². The Balaban J connectivity index is 2.67. The highest BCUT2D eigenvalue weighted by Gasteiger charge is 2.12. The molecule has 0 heterocycles. The van der Waals surface area contributed by atoms with Gasteiger partial charge >= 0.3 is 5.97 Å². The van der Waals surface area contributed by atoms with Crippen LogP contribution >= 0.6 is 0 Å². The molecule has 0 bridgehead atoms. The lowest BCUT2D eigenvalue weighted by molar-refractivity contribution is -0.145. The Morgan fingerprint density at radius 1 is 1.28 bits per heavy atom. The SMILES string of the molecule is CCN(CC(=O)OC(C)C)c1ccc(OC)cc1. The van der Waals surface area contributed by atoms with E-state index in [0.29, 0.717) is 0 Å². The van der Waals surface area contributed by atoms with E-state index in [4.69, 9.17) is 9.47 Å². The Kier molecular flexibility index (Phi) is 5.49. The van der Waals surface area contributed by atoms with Gasteiger partial charge in [-0.3, -0.25) is 4.79 Å². The highest BCUT2D eigenvalue weighted by atomic mass is 16.5. The van der Waals surface area contributed by atoms with Crippen LogP contribution in [0.1, 0.15) is 20.8 Å². The lowest BCUT2D eigenvalue weighted by atomic mass is 10.2. The summed E-state index contributed by atoms with van der Waals surface area (Å²) < 4.78 is 10.2. The van der Waals surface area contributed by atoms with Gasteiger partial charge < -0.3 is 14.4 Å². The van der Waals surface area contributed by atoms with Gasteiger partial charge in [0.1, 0.15) is 12.3 Å². The molecule has 0 saturated carbocycles. The van der Waals surface area contributed by atoms with E-state index < -0.39 is 0 Å². The van der Waals surface area contributed by atoms with Crippen molar-refractivity contribution in [2.45, 2.75) is 26.9 Å². The number of methoxy groups -OCH3 is 1. The number of nitrogens with zero attached hydrogens (tertiary/aromatic N) is 1. The second kappa shape index (κ2) is 6.89. The second-order valence-electron chi connectivity index (χ2n) is 4.25. The zero-order valence-corrected chi connectivity index (χ0v) is 11.5. The number of hydrogen-bond acceptors (Lipinski definition) is 4. The Labute approximate surface area is 108 Å². The maximum absolute atomic E-state index is 11.6. The molecule has 100 valence electrons. The second-order valence-corrected chi connectivity index (χ2v) is 4.25. The van der Waals surface area contributed by atoms with E-state index in [2.05, 4.69) is 0 Å². The lowest BCUT2D eigenvalue weighted by Crippen LogP contribution is -2.31. The Morgan fingerprint density at radius 3 is 2.33 bits per heavy atom. The van der Waals surface area contributed by atoms with Crippen LogP contribution in [0.5, 0.6) is 5.75 Å². The molecule has 0 amide bonds. The predicted molar refractivity (Wildman–Crippen MR) is 72.1 cm³/mol. The smallest absolute Gasteiger partial charge is 0.325 e. The van der Waals surface area contributed by atoms with Gasteiger partial charge in [0.2, 0.25) is 0 Å². The number of likely N-dealkylation sites (N-methyl/N-ethyl adjacent to an activating group) is 1. The highest BCUT2D eigenvalue weighted by molar-refractivity contribution is 5.76. The molecule has 0 aromatic heterocycles. The summed E-state index contributed by atoms with van der Waals surface area (Å²) in [6.07, 6.45) is -0.0768. The van der Waals surface area contributed by atoms with E-state index in [1.807, 2.05) is 49.9 Å². The quantitative estimate of drug-likeness (QED) is 0.728. The zero-order chi connectivity index (χ0) is 13.5. The third kappa shape index (κ3) is 4.28. The molecule has 4 nitrogen and oxygen atoms in total. The summed E-state index contributed by atoms with van der Waals surface area (Å²) in [5.74, 6) is 0.599. The molecule has 0 aliphatic rings. The van der Waals surface area contributed by atoms with Gasteiger partial charge in [-0.05, 0) is 45.0 Å². The van der Waals surface area contributed by atoms with Crippen LogP contribution in [0.2, 0.25) is 0 Å². The molecular weight excluding hydrogens is 230 g/mol. The average Bonchev–Trinajstić information content (AvgIpc) is 2.35. The number of esters is 1. The summed E-state index contributed by atoms with van der Waals surface area (Å²) in [5.41, 5.74) is 0.985. The van der Waals surface area contributed by atoms with Crippen molar-refractivity contribution in [3.05, 3.63) is 24.3 Å². The van der Waals surface area contributed by atoms with Gasteiger partial charge in [0.15, 0.2) is 0 Å². The van der Waals surface area contributed by atoms with Crippen LogP contribution in [0.4, 0.5) is 5.69 Å². The van der Waals surface area contributed by atoms with Crippen molar-refractivity contribution in [1.29, 1.82) is 0 Å². The minimum absolute atomic E-state index is 0.0768. The van der Waals surface area contributed by atoms with E-state index in [1.165, 1.54) is 0 Å². The fraction of sp³-hybridized carbons (Fsp3) is 0.500. The zero-order valence-electron chi connectivity index (χ0n) is 11.5. The van der Waals surface area contributed by atoms with Crippen LogP contribution < -0.4 is 9.64 Å². The van der Waals surface area contributed by atoms with Gasteiger partial charge in [0.25, 0.3) is 0 Å². The first kappa shape index (κ1) is 14.4. The van der Waals surface area contributed by atoms with Gasteiger partial charge in [-0.2, -0.15) is 0 Å². The van der Waals surface area contributed by atoms with Crippen LogP contribution in [-0.2, 0) is 9.53 Å². The first-order chi connectivity index (χ1) is 8.56. The van der Waals surface area contributed by atoms with E-state index in [9.17, 15) is 4.79 Å². The summed E-state index contributed by atoms with van der Waals surface area (Å²) >= 11 is 0. The molecule has 0 fully saturated rings. The molecule has 1 aromatic carbocycles. The van der Waals surface area contributed by atoms with Crippen LogP contribution in [0, 0.1) is 0 Å². The summed E-state index contributed by atoms with van der Waals surface area (Å²) in [6, 6.07) is 7.63. The van der Waals surface area contributed by atoms with Crippen LogP contribution in [0.25, 0.3) is 0 Å². The number of rotatable bonds is 6. The minimum atomic E-state index is -0.206. The van der Waals surface area contributed by atoms with Crippen molar-refractivity contribution >= 4 is 11.7 Å². The van der Waals surface area contributed by atoms with Crippen LogP contribution in [0.15, 0.2) is 24.3 Å². The van der Waals surface area contributed by atoms with Gasteiger partial charge in [-0.25, -0.2) is 0 Å². The maximum Gasteiger partial charge on any atom is 0.325 e. The van der Waals surface area contributed by atoms with Crippen molar-refractivity contribution in [3.8, 4) is 5.75 Å². The standard InChI is InChI=1S/C14H21NO3/c1-5-15(10-14(16)18-11(2)3)12-6-8-13(17-4)9-7-12/h6-9,11H,5,10H2,1-4H3. The molecule has 0 spiro atoms. The summed E-state index contributed by atoms with van der Waals surface area (Å²) in [7, 11) is 1.63. The summed E-state index contributed by atoms with van der Waals surface area (Å²) in [4.78, 5) is 13.6. The molecule has 0 radical (unpaired) electrons. The van der Waals surface area contributed by atoms with Crippen molar-refractivity contribution in [1.82, 2.24) is 0 Å². The maximum atomic E-state index is 11.6. The van der Waals surface area contributed by atoms with Crippen molar-refractivity contribution < 1.29 is 14.3 Å². The number of hydrogen-bond donors (Lipinski definition) is 0. The number of carbonyl (C=O) groups is 1. The van der Waals surface area contributed by atoms with Crippen molar-refractivity contribution in [2.24, 2.45) is 0 Å². The molecule has 1 rings (SSSR count). The van der Waals surface area contributed by atoms with Crippen molar-refractivity contribution in [2.75, 3.05) is 25.1 Å². The molecule has 0 saturated heterocycles. The molecule has 0 aliphatic carbocycles. The van der Waals surface area contributed by atoms with Crippen molar-refractivity contribution in [3.63, 3.8) is 0 Å². The minimum Gasteiger partial charge on any atom is -0.497 e. The van der Waals surface area contributed by atoms with Gasteiger partial charge in [-0.15, -0.1) is 0 Å². The normalized spacial score (nSPS) is 10.3. The molecule has 4 heteroatoms. The highest BCUT2D eigenvalue weighted by Crippen LogP contribution is 2.19. The first-order valence-corrected chi connectivity index (χ1v) is 6.15. The number of anilines is 1. The molecule has 1 aromatic rings. The van der Waals surface area contributed by atoms with E-state index >= 15 is 0 Å². The van der Waals surface area contributed by atoms with E-state index in [-0.39, 0.29) is 18.6 Å². The third-order valence-electron chi connectivity index (χ3n) is 2.51. The van der Waals surface area contributed by atoms with Gasteiger partial charge in [0.05, 0.1) is 13.2 Å². The number of carbonyl (C=O) groups excluding carboxylic acids is 1. The van der Waals surface area contributed by atoms with Gasteiger partial charge in [0, 0.05) is 12.2 Å². The Morgan fingerprint density at radius 2 is 1.89 bits per heavy atom. The third-order valence-corrected chi connectivity index (χ3v) is 2.51. The predicted octanol–water partition coefficient (Wildman–Crippen LogP) is 2.47. The number of benzene rings is 1. The first-order valence-electron chi connectivity index (χ1n) is 6.15. The molecular formula is C14H21NO3. The van der Waals surface area contributed by atoms with Crippen LogP contribution in [-0.4, -0.2) is 32.3 Å². The Bertz CT molecular complexity index is 373. The average molecular weight is 251 g/mol. The fourth-order valence-electron chi connectivity index (χ4n) is 1.63. The molecule has 0 aliphatic heterocycles. The fourth-order valence-corrected chi connectivity index (χ4v) is 1.63. The Hall–Kier alpha value is -1.71. The van der Waals surface area contributed by atoms with E-state index in [1.54, 1.807) is 7.11 Å². The molecule has 18 heavy (non-hydrogen) atoms. The number of ether oxygens (including phenoxy) is 2. The lowest BCUT2D eigenvalue weighted by Gasteiger charge is -2.22. The summed E-state index contributed by atoms with van der Waals surface area (Å²) in [5, 5.41) is 0. The topological polar surface area (TPSA) is 38.8 Å². The molecule has 0 N–H and O–H groups in total. The largest absolute Gasteiger partial charge is 0.497 e. The summed E-state index contributed by atoms with van der Waals surface area (Å²) in [6.45, 7) is 6.72. The molecule has 0 atom stereocenters. The molecule has 0 unspecified atom stereocenters.